The molecule has 3 aliphatic rings. The summed E-state index contributed by atoms with van der Waals surface area (Å²) < 4.78 is 0. The molecule has 0 N–H and O–H groups in total. The smallest absolute Gasteiger partial charge is 0.160 e. The number of pyridine rings is 2. The molecule has 3 aromatic heterocycles. The average Bonchev–Trinajstić information content (AvgIpc) is 1.57. The van der Waals surface area contributed by atoms with Crippen LogP contribution in [0.4, 0.5) is 0 Å². The first-order chi connectivity index (χ1) is 66.2. The first-order valence-electron chi connectivity index (χ1n) is 46.9. The molecule has 0 spiro atoms. The van der Waals surface area contributed by atoms with Crippen molar-refractivity contribution in [1.29, 1.82) is 0 Å². The Balaban J connectivity index is 0.000000114. The van der Waals surface area contributed by atoms with Gasteiger partial charge in [-0.25, -0.2) is 19.9 Å². The maximum atomic E-state index is 5.29. The van der Waals surface area contributed by atoms with Gasteiger partial charge in [0, 0.05) is 55.2 Å². The van der Waals surface area contributed by atoms with Crippen LogP contribution < -0.4 is 0 Å². The van der Waals surface area contributed by atoms with Crippen molar-refractivity contribution in [3.05, 3.63) is 507 Å². The highest BCUT2D eigenvalue weighted by atomic mass is 14.9. The van der Waals surface area contributed by atoms with Gasteiger partial charge < -0.3 is 0 Å². The Morgan fingerprint density at radius 1 is 0.141 bits per heavy atom. The van der Waals surface area contributed by atoms with Crippen LogP contribution in [0.15, 0.2) is 473 Å². The zero-order valence-corrected chi connectivity index (χ0v) is 76.3. The van der Waals surface area contributed by atoms with Gasteiger partial charge in [0.1, 0.15) is 0 Å². The first kappa shape index (κ1) is 82.7. The Hall–Kier alpha value is -16.7. The van der Waals surface area contributed by atoms with E-state index in [1.54, 1.807) is 0 Å². The lowest BCUT2D eigenvalue weighted by molar-refractivity contribution is 0.661. The van der Waals surface area contributed by atoms with Crippen molar-refractivity contribution in [1.82, 2.24) is 19.9 Å². The maximum absolute atomic E-state index is 5.29. The van der Waals surface area contributed by atoms with Crippen molar-refractivity contribution in [3.63, 3.8) is 0 Å². The van der Waals surface area contributed by atoms with E-state index in [0.29, 0.717) is 0 Å². The third kappa shape index (κ3) is 15.1. The van der Waals surface area contributed by atoms with E-state index in [1.807, 2.05) is 12.1 Å². The van der Waals surface area contributed by atoms with E-state index >= 15 is 0 Å². The number of nitrogens with zero attached hydrogens (tertiary/aromatic N) is 4. The zero-order chi connectivity index (χ0) is 90.9. The van der Waals surface area contributed by atoms with Crippen LogP contribution in [-0.4, -0.2) is 19.9 Å². The zero-order valence-electron chi connectivity index (χ0n) is 76.3. The van der Waals surface area contributed by atoms with Crippen molar-refractivity contribution in [2.24, 2.45) is 0 Å². The molecular formula is C131H96N4. The molecule has 19 aromatic carbocycles. The van der Waals surface area contributed by atoms with Gasteiger partial charge in [-0.05, 0) is 227 Å². The van der Waals surface area contributed by atoms with Crippen LogP contribution >= 0.6 is 0 Å². The molecule has 4 nitrogen and oxygen atoms in total. The van der Waals surface area contributed by atoms with Crippen LogP contribution in [0.25, 0.3) is 211 Å². The number of benzene rings is 19. The van der Waals surface area contributed by atoms with E-state index in [-0.39, 0.29) is 16.2 Å². The summed E-state index contributed by atoms with van der Waals surface area (Å²) in [5.74, 6) is 0.724. The number of hydrogen-bond acceptors (Lipinski definition) is 4. The second-order valence-electron chi connectivity index (χ2n) is 37.4. The molecule has 0 bridgehead atoms. The second kappa shape index (κ2) is 34.2. The van der Waals surface area contributed by atoms with E-state index < -0.39 is 0 Å². The predicted octanol–water partition coefficient (Wildman–Crippen LogP) is 34.7. The molecule has 135 heavy (non-hydrogen) atoms. The Kier molecular flexibility index (Phi) is 21.0. The molecule has 25 rings (SSSR count). The van der Waals surface area contributed by atoms with E-state index in [0.717, 1.165) is 90.1 Å². The second-order valence-corrected chi connectivity index (χ2v) is 37.4. The summed E-state index contributed by atoms with van der Waals surface area (Å²) in [5.41, 5.74) is 44.1. The average molecular weight is 1730 g/mol. The van der Waals surface area contributed by atoms with Gasteiger partial charge in [0.15, 0.2) is 5.82 Å². The largest absolute Gasteiger partial charge is 0.248 e. The molecule has 0 aliphatic heterocycles. The van der Waals surface area contributed by atoms with Gasteiger partial charge in [0.25, 0.3) is 0 Å². The molecule has 4 heteroatoms. The summed E-state index contributed by atoms with van der Waals surface area (Å²) in [7, 11) is 0. The molecule has 3 aliphatic carbocycles. The van der Waals surface area contributed by atoms with Crippen molar-refractivity contribution in [3.8, 4) is 179 Å². The first-order valence-corrected chi connectivity index (χ1v) is 46.9. The van der Waals surface area contributed by atoms with Crippen LogP contribution in [0.3, 0.4) is 0 Å². The molecule has 22 aromatic rings. The van der Waals surface area contributed by atoms with Crippen molar-refractivity contribution in [2.45, 2.75) is 57.8 Å². The molecule has 640 valence electrons. The fourth-order valence-corrected chi connectivity index (χ4v) is 21.3. The van der Waals surface area contributed by atoms with Crippen molar-refractivity contribution in [2.75, 3.05) is 0 Å². The summed E-state index contributed by atoms with van der Waals surface area (Å²) in [4.78, 5) is 20.6. The van der Waals surface area contributed by atoms with Gasteiger partial charge in [-0.1, -0.05) is 454 Å². The molecule has 3 heterocycles. The van der Waals surface area contributed by atoms with Crippen LogP contribution in [0.5, 0.6) is 0 Å². The summed E-state index contributed by atoms with van der Waals surface area (Å²) in [5, 5.41) is 7.65. The van der Waals surface area contributed by atoms with E-state index in [1.165, 1.54) is 155 Å². The van der Waals surface area contributed by atoms with Gasteiger partial charge in [-0.3, -0.25) is 0 Å². The third-order valence-electron chi connectivity index (χ3n) is 28.2. The van der Waals surface area contributed by atoms with Crippen LogP contribution in [0, 0.1) is 0 Å². The quantitative estimate of drug-likeness (QED) is 0.115. The number of hydrogen-bond donors (Lipinski definition) is 0. The lowest BCUT2D eigenvalue weighted by Crippen LogP contribution is -2.14. The lowest BCUT2D eigenvalue weighted by Gasteiger charge is -2.23. The van der Waals surface area contributed by atoms with Crippen LogP contribution in [0.2, 0.25) is 0 Å². The minimum atomic E-state index is -0.0845. The van der Waals surface area contributed by atoms with Crippen LogP contribution in [0.1, 0.15) is 74.9 Å². The normalized spacial score (nSPS) is 13.0. The fraction of sp³-hybridized carbons (Fsp3) is 0.0687. The molecule has 0 amide bonds. The standard InChI is InChI=1S/C48H35N.C42H31N.C41H30N2/c1-48(2)42-23-12-11-22-41(42)47-43(48)29-36-18-9-10-21-40(36)46(47)38-20-13-19-37(28-38)45-31-39(30-44(49-45)35-16-7-4-8-17-35)34-26-24-33(25-27-34)32-14-5-3-6-15-32;1-42(2)36-23-12-11-22-35(36)41-37(42)25-30-18-9-10-21-34(30)40(41)32-20-13-19-31(24-32)39-27-33(28-14-5-3-6-15-28)26-38(43-39)29-16-7-4-8-17-29;1-41(2)34-20-12-11-19-33(34)39-35(41)25-31-17-9-10-18-32(31)38(39)29-21-23-30(24-22-29)40-42-36(27-13-5-3-6-14-27)26-37(43-40)28-15-7-4-8-16-28/h3-31H,1-2H3;3-27H,1-2H3;3-26H,1-2H3. The van der Waals surface area contributed by atoms with E-state index in [2.05, 4.69) is 503 Å². The minimum Gasteiger partial charge on any atom is -0.248 e. The van der Waals surface area contributed by atoms with E-state index in [4.69, 9.17) is 19.9 Å². The molecular weight excluding hydrogens is 1630 g/mol. The summed E-state index contributed by atoms with van der Waals surface area (Å²) in [6, 6.07) is 170. The molecule has 0 unspecified atom stereocenters. The van der Waals surface area contributed by atoms with E-state index in [9.17, 15) is 0 Å². The molecule has 0 saturated carbocycles. The predicted molar refractivity (Wildman–Crippen MR) is 566 cm³/mol. The van der Waals surface area contributed by atoms with Gasteiger partial charge >= 0.3 is 0 Å². The highest BCUT2D eigenvalue weighted by molar-refractivity contribution is 6.12. The lowest BCUT2D eigenvalue weighted by atomic mass is 9.80. The molecule has 0 fully saturated rings. The monoisotopic (exact) mass is 1720 g/mol. The van der Waals surface area contributed by atoms with Crippen LogP contribution in [-0.2, 0) is 16.2 Å². The minimum absolute atomic E-state index is 0.0653. The Labute approximate surface area is 790 Å². The van der Waals surface area contributed by atoms with Gasteiger partial charge in [-0.2, -0.15) is 0 Å². The SMILES string of the molecule is CC1(C)c2ccccc2-c2c1cc1ccccc1c2-c1ccc(-c2nc(-c3ccccc3)cc(-c3ccccc3)n2)cc1.CC1(C)c2ccccc2-c2c1cc1ccccc1c2-c1cccc(-c2cc(-c3ccc(-c4ccccc4)cc3)cc(-c3ccccc3)n2)c1.CC1(C)c2ccccc2-c2c1cc1ccccc1c2-c1cccc(-c2cc(-c3ccccc3)cc(-c3ccccc3)n2)c1. The third-order valence-corrected chi connectivity index (χ3v) is 28.2. The number of aromatic nitrogens is 4. The molecule has 0 atom stereocenters. The summed E-state index contributed by atoms with van der Waals surface area (Å²) in [6.07, 6.45) is 0. The summed E-state index contributed by atoms with van der Waals surface area (Å²) in [6.45, 7) is 14.1. The maximum Gasteiger partial charge on any atom is 0.160 e. The Morgan fingerprint density at radius 3 is 0.726 bits per heavy atom. The van der Waals surface area contributed by atoms with Crippen molar-refractivity contribution < 1.29 is 0 Å². The fourth-order valence-electron chi connectivity index (χ4n) is 21.3. The van der Waals surface area contributed by atoms with Crippen molar-refractivity contribution >= 4 is 32.3 Å². The highest BCUT2D eigenvalue weighted by Crippen LogP contribution is 2.59. The topological polar surface area (TPSA) is 51.6 Å². The Bertz CT molecular complexity index is 8190. The van der Waals surface area contributed by atoms with Gasteiger partial charge in [0.05, 0.1) is 34.2 Å². The summed E-state index contributed by atoms with van der Waals surface area (Å²) >= 11 is 0. The van der Waals surface area contributed by atoms with Gasteiger partial charge in [0.2, 0.25) is 0 Å². The number of rotatable bonds is 13. The van der Waals surface area contributed by atoms with Gasteiger partial charge in [-0.15, -0.1) is 0 Å². The highest BCUT2D eigenvalue weighted by Gasteiger charge is 2.41. The Morgan fingerprint density at radius 2 is 0.378 bits per heavy atom. The molecule has 0 saturated heterocycles. The molecule has 0 radical (unpaired) electrons. The number of fused-ring (bicyclic) bond motifs is 12.